The van der Waals surface area contributed by atoms with Gasteiger partial charge in [0.15, 0.2) is 0 Å². The number of carboxylic acid groups (broad SMARTS) is 2. The van der Waals surface area contributed by atoms with Crippen molar-refractivity contribution < 1.29 is 34.2 Å². The fourth-order valence-corrected chi connectivity index (χ4v) is 4.47. The summed E-state index contributed by atoms with van der Waals surface area (Å²) < 4.78 is 0. The number of hydrogen-bond donors (Lipinski definition) is 5. The van der Waals surface area contributed by atoms with Gasteiger partial charge in [-0.15, -0.1) is 0 Å². The van der Waals surface area contributed by atoms with Crippen LogP contribution in [0.4, 0.5) is 0 Å². The summed E-state index contributed by atoms with van der Waals surface area (Å²) in [5.74, 6) is -3.72. The van der Waals surface area contributed by atoms with Crippen LogP contribution in [0.1, 0.15) is 44.2 Å². The van der Waals surface area contributed by atoms with Gasteiger partial charge < -0.3 is 36.0 Å². The highest BCUT2D eigenvalue weighted by molar-refractivity contribution is 5.95. The molecule has 2 fully saturated rings. The van der Waals surface area contributed by atoms with E-state index in [1.165, 1.54) is 22.3 Å². The van der Waals surface area contributed by atoms with E-state index >= 15 is 0 Å². The number of nitrogens with two attached hydrogens (primary N) is 1. The normalized spacial score (nSPS) is 21.8. The summed E-state index contributed by atoms with van der Waals surface area (Å²) in [7, 11) is 0. The first-order chi connectivity index (χ1) is 16.2. The number of aliphatic carboxylic acids is 2. The number of rotatable bonds is 10. The summed E-state index contributed by atoms with van der Waals surface area (Å²) in [6, 6.07) is -3.90. The molecule has 4 atom stereocenters. The molecule has 2 saturated heterocycles. The third kappa shape index (κ3) is 5.90. The molecular weight excluding hydrogens is 448 g/mol. The number of imidazole rings is 1. The number of carboxylic acids is 2. The van der Waals surface area contributed by atoms with Gasteiger partial charge in [0.05, 0.1) is 12.4 Å². The van der Waals surface area contributed by atoms with Crippen molar-refractivity contribution in [2.24, 2.45) is 5.73 Å². The van der Waals surface area contributed by atoms with Gasteiger partial charge in [0.1, 0.15) is 18.1 Å². The molecular formula is C21H30N6O7. The Hall–Kier alpha value is -3.48. The minimum atomic E-state index is -1.12. The molecule has 3 rings (SSSR count). The van der Waals surface area contributed by atoms with Crippen molar-refractivity contribution in [3.63, 3.8) is 0 Å². The molecule has 2 aliphatic heterocycles. The molecule has 13 nitrogen and oxygen atoms in total. The monoisotopic (exact) mass is 478 g/mol. The zero-order valence-electron chi connectivity index (χ0n) is 18.7. The molecule has 13 heteroatoms. The van der Waals surface area contributed by atoms with Crippen molar-refractivity contribution in [2.75, 3.05) is 13.1 Å². The average molecular weight is 479 g/mol. The molecule has 0 spiro atoms. The van der Waals surface area contributed by atoms with E-state index in [-0.39, 0.29) is 19.3 Å². The van der Waals surface area contributed by atoms with Crippen molar-refractivity contribution in [2.45, 2.75) is 69.1 Å². The van der Waals surface area contributed by atoms with Crippen LogP contribution in [0.15, 0.2) is 12.5 Å². The lowest BCUT2D eigenvalue weighted by atomic mass is 10.1. The highest BCUT2D eigenvalue weighted by Crippen LogP contribution is 2.26. The van der Waals surface area contributed by atoms with Crippen molar-refractivity contribution >= 4 is 29.7 Å². The van der Waals surface area contributed by atoms with Crippen LogP contribution in [0.25, 0.3) is 0 Å². The smallest absolute Gasteiger partial charge is 0.326 e. The molecule has 6 N–H and O–H groups in total. The van der Waals surface area contributed by atoms with E-state index in [9.17, 15) is 29.1 Å². The average Bonchev–Trinajstić information content (AvgIpc) is 3.57. The highest BCUT2D eigenvalue weighted by Gasteiger charge is 2.43. The van der Waals surface area contributed by atoms with E-state index in [1.54, 1.807) is 0 Å². The Morgan fingerprint density at radius 2 is 1.79 bits per heavy atom. The van der Waals surface area contributed by atoms with Gasteiger partial charge >= 0.3 is 11.9 Å². The standard InChI is InChI=1S/C21H30N6O7/c22-13(5-6-17(28)29)18(30)25-14(9-12-10-23-11-24-12)19(31)26-7-1-3-15(26)20(32)27-8-2-4-16(27)21(33)34/h10-11,13-16H,1-9,22H2,(H,23,24)(H,25,30)(H,28,29)(H,33,34). The summed E-state index contributed by atoms with van der Waals surface area (Å²) in [4.78, 5) is 71.1. The lowest BCUT2D eigenvalue weighted by Gasteiger charge is -2.32. The number of amides is 3. The van der Waals surface area contributed by atoms with Crippen LogP contribution in [-0.4, -0.2) is 96.9 Å². The lowest BCUT2D eigenvalue weighted by Crippen LogP contribution is -2.57. The summed E-state index contributed by atoms with van der Waals surface area (Å²) in [5, 5.41) is 20.8. The Bertz CT molecular complexity index is 921. The minimum Gasteiger partial charge on any atom is -0.481 e. The zero-order chi connectivity index (χ0) is 24.8. The van der Waals surface area contributed by atoms with Gasteiger partial charge in [-0.05, 0) is 32.1 Å². The number of carbonyl (C=O) groups excluding carboxylic acids is 3. The first-order valence-electron chi connectivity index (χ1n) is 11.3. The maximum atomic E-state index is 13.5. The highest BCUT2D eigenvalue weighted by atomic mass is 16.4. The fraction of sp³-hybridized carbons (Fsp3) is 0.619. The van der Waals surface area contributed by atoms with Crippen LogP contribution >= 0.6 is 0 Å². The fourth-order valence-electron chi connectivity index (χ4n) is 4.47. The van der Waals surface area contributed by atoms with Crippen molar-refractivity contribution in [1.82, 2.24) is 25.1 Å². The number of H-pyrrole nitrogens is 1. The molecule has 1 aromatic rings. The summed E-state index contributed by atoms with van der Waals surface area (Å²) in [6.07, 6.45) is 4.52. The Morgan fingerprint density at radius 1 is 1.12 bits per heavy atom. The number of aromatic nitrogens is 2. The van der Waals surface area contributed by atoms with E-state index in [2.05, 4.69) is 15.3 Å². The SMILES string of the molecule is NC(CCC(=O)O)C(=O)NC(Cc1cnc[nH]1)C(=O)N1CCCC1C(=O)N1CCCC1C(=O)O. The number of likely N-dealkylation sites (tertiary alicyclic amines) is 2. The topological polar surface area (TPSA) is 199 Å². The van der Waals surface area contributed by atoms with Crippen LogP contribution in [0.5, 0.6) is 0 Å². The molecule has 0 saturated carbocycles. The van der Waals surface area contributed by atoms with Gasteiger partial charge in [0.25, 0.3) is 0 Å². The molecule has 0 aromatic carbocycles. The second-order valence-corrected chi connectivity index (χ2v) is 8.60. The predicted molar refractivity (Wildman–Crippen MR) is 116 cm³/mol. The molecule has 34 heavy (non-hydrogen) atoms. The first kappa shape index (κ1) is 25.1. The van der Waals surface area contributed by atoms with Gasteiger partial charge in [0, 0.05) is 37.8 Å². The molecule has 2 aliphatic rings. The third-order valence-corrected chi connectivity index (χ3v) is 6.24. The van der Waals surface area contributed by atoms with Crippen molar-refractivity contribution in [1.29, 1.82) is 0 Å². The van der Waals surface area contributed by atoms with Crippen LogP contribution in [0.3, 0.4) is 0 Å². The number of nitrogens with zero attached hydrogens (tertiary/aromatic N) is 3. The molecule has 1 aromatic heterocycles. The molecule has 3 heterocycles. The summed E-state index contributed by atoms with van der Waals surface area (Å²) in [5.41, 5.74) is 6.38. The minimum absolute atomic E-state index is 0.0646. The maximum absolute atomic E-state index is 13.5. The second kappa shape index (κ2) is 11.1. The molecule has 0 radical (unpaired) electrons. The Labute approximate surface area is 195 Å². The Kier molecular flexibility index (Phi) is 8.21. The zero-order valence-corrected chi connectivity index (χ0v) is 18.7. The van der Waals surface area contributed by atoms with Gasteiger partial charge in [-0.1, -0.05) is 0 Å². The number of nitrogens with one attached hydrogen (secondary N) is 2. The van der Waals surface area contributed by atoms with Gasteiger partial charge in [0.2, 0.25) is 17.7 Å². The number of carbonyl (C=O) groups is 5. The Balaban J connectivity index is 1.75. The second-order valence-electron chi connectivity index (χ2n) is 8.60. The first-order valence-corrected chi connectivity index (χ1v) is 11.3. The number of hydrogen-bond acceptors (Lipinski definition) is 7. The van der Waals surface area contributed by atoms with Crippen molar-refractivity contribution in [3.8, 4) is 0 Å². The number of aromatic amines is 1. The van der Waals surface area contributed by atoms with E-state index in [0.29, 0.717) is 44.5 Å². The van der Waals surface area contributed by atoms with E-state index in [1.807, 2.05) is 0 Å². The molecule has 0 aliphatic carbocycles. The van der Waals surface area contributed by atoms with Crippen LogP contribution in [0, 0.1) is 0 Å². The molecule has 3 amide bonds. The van der Waals surface area contributed by atoms with E-state index in [4.69, 9.17) is 10.8 Å². The maximum Gasteiger partial charge on any atom is 0.326 e. The quantitative estimate of drug-likeness (QED) is 0.271. The predicted octanol–water partition coefficient (Wildman–Crippen LogP) is -1.30. The molecule has 0 bridgehead atoms. The summed E-state index contributed by atoms with van der Waals surface area (Å²) >= 11 is 0. The largest absolute Gasteiger partial charge is 0.481 e. The lowest BCUT2D eigenvalue weighted by molar-refractivity contribution is -0.152. The Morgan fingerprint density at radius 3 is 2.41 bits per heavy atom. The van der Waals surface area contributed by atoms with Gasteiger partial charge in [-0.2, -0.15) is 0 Å². The third-order valence-electron chi connectivity index (χ3n) is 6.24. The molecule has 186 valence electrons. The van der Waals surface area contributed by atoms with Crippen LogP contribution < -0.4 is 11.1 Å². The van der Waals surface area contributed by atoms with Crippen LogP contribution in [0.2, 0.25) is 0 Å². The van der Waals surface area contributed by atoms with Gasteiger partial charge in [-0.3, -0.25) is 19.2 Å². The van der Waals surface area contributed by atoms with E-state index < -0.39 is 53.8 Å². The van der Waals surface area contributed by atoms with E-state index in [0.717, 1.165) is 0 Å². The van der Waals surface area contributed by atoms with Crippen LogP contribution in [-0.2, 0) is 30.4 Å². The van der Waals surface area contributed by atoms with Gasteiger partial charge in [-0.25, -0.2) is 9.78 Å². The molecule has 4 unspecified atom stereocenters. The van der Waals surface area contributed by atoms with Crippen molar-refractivity contribution in [3.05, 3.63) is 18.2 Å². The summed E-state index contributed by atoms with van der Waals surface area (Å²) in [6.45, 7) is 0.613.